The van der Waals surface area contributed by atoms with Crippen molar-refractivity contribution in [2.45, 2.75) is 19.6 Å². The van der Waals surface area contributed by atoms with Crippen LogP contribution in [0, 0.1) is 0 Å². The van der Waals surface area contributed by atoms with Gasteiger partial charge < -0.3 is 5.11 Å². The first kappa shape index (κ1) is 6.29. The van der Waals surface area contributed by atoms with Gasteiger partial charge >= 0.3 is 0 Å². The van der Waals surface area contributed by atoms with Gasteiger partial charge in [0.15, 0.2) is 0 Å². The number of rotatable bonds is 2. The fourth-order valence-electron chi connectivity index (χ4n) is 0.644. The van der Waals surface area contributed by atoms with Crippen LogP contribution in [0.25, 0.3) is 0 Å². The Balaban J connectivity index is 2.65. The zero-order chi connectivity index (χ0) is 6.69. The summed E-state index contributed by atoms with van der Waals surface area (Å²) in [6.07, 6.45) is 3.63. The topological polar surface area (TPSA) is 38.0 Å². The predicted octanol–water partition coefficient (Wildman–Crippen LogP) is 0.784. The van der Waals surface area contributed by atoms with Crippen molar-refractivity contribution in [1.82, 2.24) is 9.78 Å². The summed E-state index contributed by atoms with van der Waals surface area (Å²) in [5.74, 6) is 0. The van der Waals surface area contributed by atoms with Gasteiger partial charge in [-0.25, -0.2) is 4.68 Å². The summed E-state index contributed by atoms with van der Waals surface area (Å²) in [5.41, 5.74) is 0. The average Bonchev–Trinajstić information content (AvgIpc) is 2.37. The van der Waals surface area contributed by atoms with Crippen LogP contribution in [0.15, 0.2) is 18.5 Å². The van der Waals surface area contributed by atoms with Crippen molar-refractivity contribution in [3.05, 3.63) is 18.5 Å². The van der Waals surface area contributed by atoms with Crippen LogP contribution in [-0.4, -0.2) is 14.9 Å². The average molecular weight is 126 g/mol. The van der Waals surface area contributed by atoms with Crippen molar-refractivity contribution in [3.63, 3.8) is 0 Å². The summed E-state index contributed by atoms with van der Waals surface area (Å²) in [6, 6.07) is 1.79. The van der Waals surface area contributed by atoms with E-state index in [2.05, 4.69) is 5.10 Å². The van der Waals surface area contributed by atoms with Gasteiger partial charge in [-0.15, -0.1) is 0 Å². The summed E-state index contributed by atoms with van der Waals surface area (Å²) in [7, 11) is 0. The lowest BCUT2D eigenvalue weighted by molar-refractivity contribution is 0.0867. The number of aliphatic hydroxyl groups excluding tert-OH is 1. The second-order valence-corrected chi connectivity index (χ2v) is 1.87. The second-order valence-electron chi connectivity index (χ2n) is 1.87. The Kier molecular flexibility index (Phi) is 1.85. The summed E-state index contributed by atoms with van der Waals surface area (Å²) in [6.45, 7) is 1.91. The van der Waals surface area contributed by atoms with Crippen molar-refractivity contribution < 1.29 is 5.11 Å². The molecule has 0 saturated carbocycles. The van der Waals surface area contributed by atoms with E-state index in [0.29, 0.717) is 6.42 Å². The molecule has 9 heavy (non-hydrogen) atoms. The Morgan fingerprint density at radius 1 is 1.78 bits per heavy atom. The predicted molar refractivity (Wildman–Crippen MR) is 33.8 cm³/mol. The molecule has 0 bridgehead atoms. The molecule has 3 heteroatoms. The molecule has 50 valence electrons. The number of aliphatic hydroxyl groups is 1. The van der Waals surface area contributed by atoms with Gasteiger partial charge in [-0.05, 0) is 12.5 Å². The van der Waals surface area contributed by atoms with Gasteiger partial charge in [0.25, 0.3) is 0 Å². The molecule has 1 atom stereocenters. The van der Waals surface area contributed by atoms with Crippen molar-refractivity contribution in [3.8, 4) is 0 Å². The third-order valence-electron chi connectivity index (χ3n) is 1.20. The van der Waals surface area contributed by atoms with E-state index in [1.807, 2.05) is 6.92 Å². The number of hydrogen-bond donors (Lipinski definition) is 1. The minimum atomic E-state index is -0.458. The van der Waals surface area contributed by atoms with Crippen LogP contribution in [0.2, 0.25) is 0 Å². The van der Waals surface area contributed by atoms with Gasteiger partial charge in [0.05, 0.1) is 0 Å². The molecule has 0 aromatic carbocycles. The largest absolute Gasteiger partial charge is 0.372 e. The fourth-order valence-corrected chi connectivity index (χ4v) is 0.644. The van der Waals surface area contributed by atoms with Gasteiger partial charge in [0.2, 0.25) is 0 Å². The van der Waals surface area contributed by atoms with Crippen LogP contribution in [0.3, 0.4) is 0 Å². The smallest absolute Gasteiger partial charge is 0.146 e. The molecule has 0 radical (unpaired) electrons. The zero-order valence-electron chi connectivity index (χ0n) is 5.36. The Morgan fingerprint density at radius 3 is 3.00 bits per heavy atom. The maximum Gasteiger partial charge on any atom is 0.146 e. The molecule has 1 unspecified atom stereocenters. The van der Waals surface area contributed by atoms with Crippen molar-refractivity contribution >= 4 is 0 Å². The van der Waals surface area contributed by atoms with Gasteiger partial charge in [-0.1, -0.05) is 6.92 Å². The molecule has 0 aliphatic rings. The molecule has 1 heterocycles. The molecular weight excluding hydrogens is 116 g/mol. The lowest BCUT2D eigenvalue weighted by atomic mass is 10.4. The van der Waals surface area contributed by atoms with E-state index in [0.717, 1.165) is 0 Å². The van der Waals surface area contributed by atoms with Crippen molar-refractivity contribution in [1.29, 1.82) is 0 Å². The highest BCUT2D eigenvalue weighted by atomic mass is 16.3. The molecule has 3 nitrogen and oxygen atoms in total. The lowest BCUT2D eigenvalue weighted by Gasteiger charge is -2.05. The minimum Gasteiger partial charge on any atom is -0.372 e. The molecule has 1 aromatic heterocycles. The zero-order valence-corrected chi connectivity index (χ0v) is 5.36. The van der Waals surface area contributed by atoms with Crippen molar-refractivity contribution in [2.75, 3.05) is 0 Å². The maximum absolute atomic E-state index is 9.12. The summed E-state index contributed by atoms with van der Waals surface area (Å²) >= 11 is 0. The van der Waals surface area contributed by atoms with Crippen LogP contribution in [0.1, 0.15) is 19.6 Å². The molecule has 1 rings (SSSR count). The summed E-state index contributed by atoms with van der Waals surface area (Å²) in [4.78, 5) is 0. The van der Waals surface area contributed by atoms with Gasteiger partial charge in [-0.2, -0.15) is 5.10 Å². The molecule has 0 aliphatic carbocycles. The Hall–Kier alpha value is -0.830. The van der Waals surface area contributed by atoms with Crippen LogP contribution in [0.5, 0.6) is 0 Å². The minimum absolute atomic E-state index is 0.458. The molecule has 1 N–H and O–H groups in total. The van der Waals surface area contributed by atoms with Gasteiger partial charge in [-0.3, -0.25) is 0 Å². The number of nitrogens with zero attached hydrogens (tertiary/aromatic N) is 2. The van der Waals surface area contributed by atoms with E-state index < -0.39 is 6.23 Å². The first-order valence-electron chi connectivity index (χ1n) is 3.01. The number of aromatic nitrogens is 2. The SMILES string of the molecule is CCC(O)n1cccn1. The first-order chi connectivity index (χ1) is 4.34. The van der Waals surface area contributed by atoms with Crippen LogP contribution < -0.4 is 0 Å². The first-order valence-corrected chi connectivity index (χ1v) is 3.01. The standard InChI is InChI=1S/C6H10N2O/c1-2-6(9)8-5-3-4-7-8/h3-6,9H,2H2,1H3. The highest BCUT2D eigenvalue weighted by molar-refractivity contribution is 4.78. The molecule has 0 amide bonds. The molecule has 0 saturated heterocycles. The third-order valence-corrected chi connectivity index (χ3v) is 1.20. The number of hydrogen-bond acceptors (Lipinski definition) is 2. The van der Waals surface area contributed by atoms with E-state index in [9.17, 15) is 0 Å². The highest BCUT2D eigenvalue weighted by Crippen LogP contribution is 2.02. The van der Waals surface area contributed by atoms with E-state index in [4.69, 9.17) is 5.11 Å². The van der Waals surface area contributed by atoms with Gasteiger partial charge in [0, 0.05) is 12.4 Å². The normalized spacial score (nSPS) is 13.6. The molecule has 0 aliphatic heterocycles. The molecule has 1 aromatic rings. The summed E-state index contributed by atoms with van der Waals surface area (Å²) < 4.78 is 1.53. The van der Waals surface area contributed by atoms with Crippen molar-refractivity contribution in [2.24, 2.45) is 0 Å². The highest BCUT2D eigenvalue weighted by Gasteiger charge is 1.99. The Labute approximate surface area is 53.9 Å². The fraction of sp³-hybridized carbons (Fsp3) is 0.500. The van der Waals surface area contributed by atoms with E-state index in [1.165, 1.54) is 4.68 Å². The quantitative estimate of drug-likeness (QED) is 0.636. The van der Waals surface area contributed by atoms with Crippen LogP contribution >= 0.6 is 0 Å². The van der Waals surface area contributed by atoms with Gasteiger partial charge in [0.1, 0.15) is 6.23 Å². The maximum atomic E-state index is 9.12. The Bertz CT molecular complexity index is 160. The molecule has 0 fully saturated rings. The molecular formula is C6H10N2O. The van der Waals surface area contributed by atoms with E-state index in [-0.39, 0.29) is 0 Å². The van der Waals surface area contributed by atoms with Crippen LogP contribution in [-0.2, 0) is 0 Å². The van der Waals surface area contributed by atoms with E-state index >= 15 is 0 Å². The monoisotopic (exact) mass is 126 g/mol. The van der Waals surface area contributed by atoms with E-state index in [1.54, 1.807) is 18.5 Å². The second kappa shape index (κ2) is 2.64. The lowest BCUT2D eigenvalue weighted by Crippen LogP contribution is -2.06. The van der Waals surface area contributed by atoms with Crippen LogP contribution in [0.4, 0.5) is 0 Å². The molecule has 0 spiro atoms. The summed E-state index contributed by atoms with van der Waals surface area (Å²) in [5, 5.41) is 13.0. The Morgan fingerprint density at radius 2 is 2.56 bits per heavy atom. The third kappa shape index (κ3) is 1.29.